The van der Waals surface area contributed by atoms with Crippen molar-refractivity contribution in [2.75, 3.05) is 12.3 Å². The minimum absolute atomic E-state index is 0.141. The van der Waals surface area contributed by atoms with Crippen LogP contribution in [0.5, 0.6) is 0 Å². The van der Waals surface area contributed by atoms with Crippen LogP contribution in [0.4, 0.5) is 14.5 Å². The Morgan fingerprint density at radius 3 is 2.76 bits per heavy atom. The quantitative estimate of drug-likeness (QED) is 0.776. The molecule has 94 valence electrons. The van der Waals surface area contributed by atoms with Crippen molar-refractivity contribution in [2.45, 2.75) is 19.8 Å². The Morgan fingerprint density at radius 2 is 2.24 bits per heavy atom. The molecule has 0 spiro atoms. The molecule has 0 saturated carbocycles. The highest BCUT2D eigenvalue weighted by Crippen LogP contribution is 2.19. The highest BCUT2D eigenvalue weighted by atomic mass is 19.3. The van der Waals surface area contributed by atoms with Crippen LogP contribution in [0.25, 0.3) is 0 Å². The number of halogens is 2. The number of pyridine rings is 1. The number of hydrogen-bond acceptors (Lipinski definition) is 4. The molecule has 3 N–H and O–H groups in total. The number of nitrogens with one attached hydrogen (secondary N) is 1. The lowest BCUT2D eigenvalue weighted by atomic mass is 10.1. The second kappa shape index (κ2) is 5.42. The molecule has 7 heteroatoms. The summed E-state index contributed by atoms with van der Waals surface area (Å²) >= 11 is 0. The number of nitrogens with two attached hydrogens (primary N) is 1. The fourth-order valence-corrected chi connectivity index (χ4v) is 1.33. The Kier molecular flexibility index (Phi) is 4.19. The van der Waals surface area contributed by atoms with Crippen LogP contribution in [-0.4, -0.2) is 17.6 Å². The minimum atomic E-state index is -2.99. The Morgan fingerprint density at radius 1 is 1.59 bits per heavy atom. The van der Waals surface area contributed by atoms with Crippen molar-refractivity contribution in [3.8, 4) is 0 Å². The van der Waals surface area contributed by atoms with Gasteiger partial charge in [0.2, 0.25) is 5.43 Å². The number of H-pyrrole nitrogens is 1. The maximum absolute atomic E-state index is 12.7. The van der Waals surface area contributed by atoms with Gasteiger partial charge in [-0.1, -0.05) is 0 Å². The second-order valence-electron chi connectivity index (χ2n) is 3.25. The summed E-state index contributed by atoms with van der Waals surface area (Å²) in [7, 11) is 0. The zero-order chi connectivity index (χ0) is 13.0. The molecule has 0 fully saturated rings. The molecule has 0 atom stereocenters. The van der Waals surface area contributed by atoms with Crippen LogP contribution in [0.1, 0.15) is 24.6 Å². The molecule has 0 saturated heterocycles. The van der Waals surface area contributed by atoms with Crippen LogP contribution in [0.3, 0.4) is 0 Å². The van der Waals surface area contributed by atoms with Crippen molar-refractivity contribution in [3.63, 3.8) is 0 Å². The largest absolute Gasteiger partial charge is 0.466 e. The summed E-state index contributed by atoms with van der Waals surface area (Å²) in [6, 6.07) is 0. The zero-order valence-electron chi connectivity index (χ0n) is 9.13. The normalized spacial score (nSPS) is 10.6. The number of nitrogen functional groups attached to an aromatic ring is 1. The summed E-state index contributed by atoms with van der Waals surface area (Å²) in [5, 5.41) is 0. The minimum Gasteiger partial charge on any atom is -0.466 e. The molecule has 1 heterocycles. The summed E-state index contributed by atoms with van der Waals surface area (Å²) in [4.78, 5) is 25.0. The number of carbonyl (C=O) groups excluding carboxylic acids is 1. The van der Waals surface area contributed by atoms with Crippen LogP contribution < -0.4 is 11.2 Å². The van der Waals surface area contributed by atoms with Crippen molar-refractivity contribution in [3.05, 3.63) is 27.7 Å². The summed E-state index contributed by atoms with van der Waals surface area (Å²) in [5.74, 6) is -0.685. The van der Waals surface area contributed by atoms with Gasteiger partial charge >= 0.3 is 5.97 Å². The van der Waals surface area contributed by atoms with Gasteiger partial charge in [-0.3, -0.25) is 9.59 Å². The van der Waals surface area contributed by atoms with Crippen LogP contribution in [0, 0.1) is 0 Å². The van der Waals surface area contributed by atoms with E-state index in [2.05, 4.69) is 9.72 Å². The lowest BCUT2D eigenvalue weighted by molar-refractivity contribution is -0.142. The highest BCUT2D eigenvalue weighted by Gasteiger charge is 2.21. The topological polar surface area (TPSA) is 85.2 Å². The Hall–Kier alpha value is -1.92. The highest BCUT2D eigenvalue weighted by molar-refractivity contribution is 5.72. The Labute approximate surface area is 95.6 Å². The van der Waals surface area contributed by atoms with Crippen molar-refractivity contribution in [1.82, 2.24) is 4.98 Å². The van der Waals surface area contributed by atoms with Crippen LogP contribution in [-0.2, 0) is 16.0 Å². The van der Waals surface area contributed by atoms with E-state index in [0.717, 1.165) is 6.20 Å². The van der Waals surface area contributed by atoms with E-state index >= 15 is 0 Å². The number of aromatic amines is 1. The van der Waals surface area contributed by atoms with Gasteiger partial charge in [0.1, 0.15) is 0 Å². The smallest absolute Gasteiger partial charge is 0.311 e. The van der Waals surface area contributed by atoms with E-state index in [4.69, 9.17) is 5.73 Å². The molecule has 1 aromatic rings. The third kappa shape index (κ3) is 3.02. The predicted octanol–water partition coefficient (Wildman–Crippen LogP) is 1.00. The first-order valence-corrected chi connectivity index (χ1v) is 4.91. The summed E-state index contributed by atoms with van der Waals surface area (Å²) in [6.45, 7) is 1.74. The lowest BCUT2D eigenvalue weighted by Crippen LogP contribution is -2.20. The second-order valence-corrected chi connectivity index (χ2v) is 3.25. The van der Waals surface area contributed by atoms with Gasteiger partial charge in [-0.25, -0.2) is 8.78 Å². The van der Waals surface area contributed by atoms with Gasteiger partial charge in [0, 0.05) is 11.9 Å². The van der Waals surface area contributed by atoms with Crippen molar-refractivity contribution in [1.29, 1.82) is 0 Å². The van der Waals surface area contributed by atoms with Crippen LogP contribution in [0.2, 0.25) is 0 Å². The van der Waals surface area contributed by atoms with Gasteiger partial charge in [0.25, 0.3) is 6.43 Å². The van der Waals surface area contributed by atoms with E-state index in [-0.39, 0.29) is 18.0 Å². The average molecular weight is 246 g/mol. The number of ether oxygens (including phenoxy) is 1. The van der Waals surface area contributed by atoms with Gasteiger partial charge in [0.15, 0.2) is 0 Å². The SMILES string of the molecule is CCOC(=O)Cc1[nH]cc(N)c(=O)c1C(F)F. The molecule has 0 aliphatic rings. The van der Waals surface area contributed by atoms with E-state index in [0.29, 0.717) is 0 Å². The van der Waals surface area contributed by atoms with Crippen LogP contribution >= 0.6 is 0 Å². The molecular formula is C10H12F2N2O3. The third-order valence-corrected chi connectivity index (χ3v) is 2.08. The molecule has 0 aliphatic heterocycles. The van der Waals surface area contributed by atoms with E-state index in [9.17, 15) is 18.4 Å². The molecule has 1 rings (SSSR count). The Balaban J connectivity index is 3.12. The third-order valence-electron chi connectivity index (χ3n) is 2.08. The van der Waals surface area contributed by atoms with E-state index in [1.807, 2.05) is 0 Å². The first kappa shape index (κ1) is 13.1. The van der Waals surface area contributed by atoms with Crippen molar-refractivity contribution >= 4 is 11.7 Å². The number of alkyl halides is 2. The number of carbonyl (C=O) groups is 1. The van der Waals surface area contributed by atoms with E-state index in [1.54, 1.807) is 6.92 Å². The first-order valence-electron chi connectivity index (χ1n) is 4.91. The molecule has 0 aromatic carbocycles. The van der Waals surface area contributed by atoms with Crippen molar-refractivity contribution in [2.24, 2.45) is 0 Å². The molecule has 5 nitrogen and oxygen atoms in total. The first-order chi connectivity index (χ1) is 7.97. The zero-order valence-corrected chi connectivity index (χ0v) is 9.13. The molecule has 17 heavy (non-hydrogen) atoms. The average Bonchev–Trinajstić information content (AvgIpc) is 2.23. The van der Waals surface area contributed by atoms with Gasteiger partial charge < -0.3 is 15.5 Å². The predicted molar refractivity (Wildman–Crippen MR) is 56.8 cm³/mol. The van der Waals surface area contributed by atoms with Gasteiger partial charge in [0.05, 0.1) is 24.3 Å². The molecule has 0 radical (unpaired) electrons. The fourth-order valence-electron chi connectivity index (χ4n) is 1.33. The van der Waals surface area contributed by atoms with Gasteiger partial charge in [-0.2, -0.15) is 0 Å². The maximum atomic E-state index is 12.7. The fraction of sp³-hybridized carbons (Fsp3) is 0.400. The van der Waals surface area contributed by atoms with E-state index < -0.39 is 29.8 Å². The molecular weight excluding hydrogens is 234 g/mol. The molecule has 0 unspecified atom stereocenters. The van der Waals surface area contributed by atoms with Gasteiger partial charge in [-0.05, 0) is 6.92 Å². The monoisotopic (exact) mass is 246 g/mol. The van der Waals surface area contributed by atoms with Crippen molar-refractivity contribution < 1.29 is 18.3 Å². The summed E-state index contributed by atoms with van der Waals surface area (Å²) < 4.78 is 30.0. The van der Waals surface area contributed by atoms with E-state index in [1.165, 1.54) is 0 Å². The standard InChI is InChI=1S/C10H12F2N2O3/c1-2-17-7(15)3-6-8(10(11)12)9(16)5(13)4-14-6/h4,10H,2-3,13H2,1H3,(H,14,16). The molecule has 0 bridgehead atoms. The van der Waals surface area contributed by atoms with Gasteiger partial charge in [-0.15, -0.1) is 0 Å². The number of anilines is 1. The number of aromatic nitrogens is 1. The number of rotatable bonds is 4. The summed E-state index contributed by atoms with van der Waals surface area (Å²) in [5.41, 5.74) is 3.00. The Bertz CT molecular complexity index is 471. The summed E-state index contributed by atoms with van der Waals surface area (Å²) in [6.07, 6.45) is -2.32. The van der Waals surface area contributed by atoms with Crippen LogP contribution in [0.15, 0.2) is 11.0 Å². The number of hydrogen-bond donors (Lipinski definition) is 2. The molecule has 0 aliphatic carbocycles. The number of esters is 1. The maximum Gasteiger partial charge on any atom is 0.311 e. The lowest BCUT2D eigenvalue weighted by Gasteiger charge is -2.08. The molecule has 1 aromatic heterocycles. The molecule has 0 amide bonds.